The van der Waals surface area contributed by atoms with Crippen LogP contribution in [0.4, 0.5) is 0 Å². The first-order valence-corrected chi connectivity index (χ1v) is 13.6. The van der Waals surface area contributed by atoms with Crippen LogP contribution in [0.1, 0.15) is 79.6 Å². The highest BCUT2D eigenvalue weighted by atomic mass is 16.1. The maximum absolute atomic E-state index is 12.5. The van der Waals surface area contributed by atoms with Gasteiger partial charge in [-0.3, -0.25) is 4.79 Å². The molecule has 0 saturated carbocycles. The number of pyridine rings is 2. The van der Waals surface area contributed by atoms with E-state index in [0.717, 1.165) is 72.9 Å². The molecule has 0 aliphatic carbocycles. The third kappa shape index (κ3) is 5.26. The molecule has 5 heterocycles. The van der Waals surface area contributed by atoms with Gasteiger partial charge in [-0.25, -0.2) is 9.67 Å². The van der Waals surface area contributed by atoms with E-state index < -0.39 is 0 Å². The van der Waals surface area contributed by atoms with E-state index in [4.69, 9.17) is 4.98 Å². The Kier molecular flexibility index (Phi) is 7.55. The molecule has 2 aliphatic heterocycles. The molecule has 0 unspecified atom stereocenters. The lowest BCUT2D eigenvalue weighted by Crippen LogP contribution is -2.46. The second kappa shape index (κ2) is 10.8. The van der Waals surface area contributed by atoms with E-state index in [1.54, 1.807) is 0 Å². The molecule has 36 heavy (non-hydrogen) atoms. The van der Waals surface area contributed by atoms with Crippen LogP contribution in [0.2, 0.25) is 0 Å². The number of H-pyrrole nitrogens is 1. The maximum Gasteiger partial charge on any atom is 0.252 e. The van der Waals surface area contributed by atoms with Crippen molar-refractivity contribution in [2.24, 2.45) is 0 Å². The summed E-state index contributed by atoms with van der Waals surface area (Å²) >= 11 is 0. The summed E-state index contributed by atoms with van der Waals surface area (Å²) in [5.41, 5.74) is 6.10. The fraction of sp³-hybridized carbons (Fsp3) is 0.607. The molecule has 0 atom stereocenters. The number of nitrogens with one attached hydrogen (secondary N) is 3. The van der Waals surface area contributed by atoms with E-state index in [1.807, 2.05) is 30.8 Å². The third-order valence-corrected chi connectivity index (χ3v) is 8.05. The van der Waals surface area contributed by atoms with Crippen LogP contribution in [-0.2, 0) is 13.1 Å². The predicted octanol–water partition coefficient (Wildman–Crippen LogP) is 3.54. The van der Waals surface area contributed by atoms with E-state index in [2.05, 4.69) is 45.5 Å². The molecular formula is C28H41N7O. The number of hydrogen-bond acceptors (Lipinski definition) is 6. The van der Waals surface area contributed by atoms with Crippen LogP contribution >= 0.6 is 0 Å². The summed E-state index contributed by atoms with van der Waals surface area (Å²) in [7, 11) is 0. The summed E-state index contributed by atoms with van der Waals surface area (Å²) in [6.07, 6.45) is 6.79. The third-order valence-electron chi connectivity index (χ3n) is 8.05. The Bertz CT molecular complexity index is 1250. The van der Waals surface area contributed by atoms with Crippen LogP contribution in [-0.4, -0.2) is 56.9 Å². The van der Waals surface area contributed by atoms with Crippen molar-refractivity contribution in [2.45, 2.75) is 84.5 Å². The van der Waals surface area contributed by atoms with Crippen molar-refractivity contribution in [3.63, 3.8) is 0 Å². The van der Waals surface area contributed by atoms with Gasteiger partial charge in [0.1, 0.15) is 0 Å². The van der Waals surface area contributed by atoms with Crippen LogP contribution < -0.4 is 16.2 Å². The highest BCUT2D eigenvalue weighted by Gasteiger charge is 2.28. The summed E-state index contributed by atoms with van der Waals surface area (Å²) in [6.45, 7) is 14.0. The van der Waals surface area contributed by atoms with Crippen LogP contribution in [0, 0.1) is 13.8 Å². The number of hydrogen-bond donors (Lipinski definition) is 3. The van der Waals surface area contributed by atoms with E-state index >= 15 is 0 Å². The zero-order valence-corrected chi connectivity index (χ0v) is 22.2. The SMILES string of the molecule is Cc1cc(C)c(CNCc2cc(C3CCN(C4CCNCC4)CC3)nc3c2cnn3C(C)C)c(=O)[nH]1. The molecule has 0 spiro atoms. The van der Waals surface area contributed by atoms with E-state index in [0.29, 0.717) is 19.0 Å². The van der Waals surface area contributed by atoms with Gasteiger partial charge in [0.05, 0.1) is 6.20 Å². The Morgan fingerprint density at radius 3 is 2.53 bits per heavy atom. The molecule has 3 aromatic rings. The van der Waals surface area contributed by atoms with Gasteiger partial charge in [-0.1, -0.05) is 0 Å². The van der Waals surface area contributed by atoms with Crippen molar-refractivity contribution in [1.29, 1.82) is 0 Å². The first-order valence-electron chi connectivity index (χ1n) is 13.6. The van der Waals surface area contributed by atoms with Gasteiger partial charge in [0.25, 0.3) is 5.56 Å². The van der Waals surface area contributed by atoms with E-state index in [-0.39, 0.29) is 11.6 Å². The highest BCUT2D eigenvalue weighted by molar-refractivity contribution is 5.79. The lowest BCUT2D eigenvalue weighted by molar-refractivity contribution is 0.126. The molecule has 2 fully saturated rings. The van der Waals surface area contributed by atoms with Crippen molar-refractivity contribution in [3.8, 4) is 0 Å². The number of likely N-dealkylation sites (tertiary alicyclic amines) is 1. The second-order valence-electron chi connectivity index (χ2n) is 11.0. The first kappa shape index (κ1) is 25.1. The molecule has 5 rings (SSSR count). The topological polar surface area (TPSA) is 90.9 Å². The van der Waals surface area contributed by atoms with E-state index in [9.17, 15) is 4.79 Å². The van der Waals surface area contributed by atoms with Gasteiger partial charge < -0.3 is 20.5 Å². The van der Waals surface area contributed by atoms with Crippen LogP contribution in [0.15, 0.2) is 23.1 Å². The van der Waals surface area contributed by atoms with Gasteiger partial charge in [0, 0.05) is 53.4 Å². The monoisotopic (exact) mass is 491 g/mol. The van der Waals surface area contributed by atoms with Gasteiger partial charge in [0.15, 0.2) is 5.65 Å². The highest BCUT2D eigenvalue weighted by Crippen LogP contribution is 2.32. The Labute approximate surface area is 213 Å². The second-order valence-corrected chi connectivity index (χ2v) is 11.0. The standard InChI is InChI=1S/C28H41N7O/c1-18(2)35-27-25(17-31-35)22(15-30-16-24-19(3)13-20(4)32-28(24)36)14-26(33-27)21-7-11-34(12-8-21)23-5-9-29-10-6-23/h13-14,17-18,21,23,29-30H,5-12,15-16H2,1-4H3,(H,32,36). The van der Waals surface area contributed by atoms with Crippen molar-refractivity contribution < 1.29 is 0 Å². The van der Waals surface area contributed by atoms with Gasteiger partial charge in [-0.2, -0.15) is 5.10 Å². The zero-order chi connectivity index (χ0) is 25.2. The predicted molar refractivity (Wildman–Crippen MR) is 144 cm³/mol. The Balaban J connectivity index is 1.35. The summed E-state index contributed by atoms with van der Waals surface area (Å²) < 4.78 is 2.04. The number of rotatable bonds is 7. The van der Waals surface area contributed by atoms with Crippen molar-refractivity contribution >= 4 is 11.0 Å². The van der Waals surface area contributed by atoms with Gasteiger partial charge >= 0.3 is 0 Å². The van der Waals surface area contributed by atoms with Crippen molar-refractivity contribution in [3.05, 3.63) is 56.8 Å². The number of aryl methyl sites for hydroxylation is 2. The molecular weight excluding hydrogens is 450 g/mol. The minimum atomic E-state index is -0.00583. The number of aromatic amines is 1. The molecule has 0 radical (unpaired) electrons. The number of nitrogens with zero attached hydrogens (tertiary/aromatic N) is 4. The Hall–Kier alpha value is -2.55. The lowest BCUT2D eigenvalue weighted by Gasteiger charge is -2.39. The van der Waals surface area contributed by atoms with Gasteiger partial charge in [-0.05, 0) is 103 Å². The molecule has 0 aromatic carbocycles. The fourth-order valence-electron chi connectivity index (χ4n) is 5.99. The Morgan fingerprint density at radius 1 is 1.08 bits per heavy atom. The largest absolute Gasteiger partial charge is 0.326 e. The number of aromatic nitrogens is 4. The van der Waals surface area contributed by atoms with Crippen LogP contribution in [0.25, 0.3) is 11.0 Å². The molecule has 3 N–H and O–H groups in total. The Morgan fingerprint density at radius 2 is 1.83 bits per heavy atom. The number of fused-ring (bicyclic) bond motifs is 1. The molecule has 3 aromatic heterocycles. The molecule has 194 valence electrons. The number of piperidine rings is 2. The lowest BCUT2D eigenvalue weighted by atomic mass is 9.90. The van der Waals surface area contributed by atoms with Crippen molar-refractivity contribution in [1.82, 2.24) is 35.3 Å². The minimum Gasteiger partial charge on any atom is -0.326 e. The van der Waals surface area contributed by atoms with E-state index in [1.165, 1.54) is 24.1 Å². The van der Waals surface area contributed by atoms with Crippen LogP contribution in [0.3, 0.4) is 0 Å². The normalized spacial score (nSPS) is 18.5. The quantitative estimate of drug-likeness (QED) is 0.468. The molecule has 0 bridgehead atoms. The van der Waals surface area contributed by atoms with Crippen molar-refractivity contribution in [2.75, 3.05) is 26.2 Å². The summed E-state index contributed by atoms with van der Waals surface area (Å²) in [5, 5.41) is 12.8. The average Bonchev–Trinajstić information content (AvgIpc) is 3.31. The molecule has 8 heteroatoms. The smallest absolute Gasteiger partial charge is 0.252 e. The fourth-order valence-corrected chi connectivity index (χ4v) is 5.99. The first-order chi connectivity index (χ1) is 17.4. The van der Waals surface area contributed by atoms with Gasteiger partial charge in [0.2, 0.25) is 0 Å². The average molecular weight is 492 g/mol. The van der Waals surface area contributed by atoms with Gasteiger partial charge in [-0.15, -0.1) is 0 Å². The van der Waals surface area contributed by atoms with Crippen LogP contribution in [0.5, 0.6) is 0 Å². The summed E-state index contributed by atoms with van der Waals surface area (Å²) in [4.78, 5) is 23.3. The molecule has 2 saturated heterocycles. The maximum atomic E-state index is 12.5. The summed E-state index contributed by atoms with van der Waals surface area (Å²) in [5.74, 6) is 0.476. The minimum absolute atomic E-state index is 0.00583. The molecule has 0 amide bonds. The zero-order valence-electron chi connectivity index (χ0n) is 22.2. The molecule has 8 nitrogen and oxygen atoms in total. The molecule has 2 aliphatic rings. The summed E-state index contributed by atoms with van der Waals surface area (Å²) in [6, 6.07) is 5.31.